The van der Waals surface area contributed by atoms with Gasteiger partial charge in [0.1, 0.15) is 17.3 Å². The molecular weight excluding hydrogens is 580 g/mol. The molecule has 0 unspecified atom stereocenters. The number of hydrogen-bond acceptors (Lipinski definition) is 11. The summed E-state index contributed by atoms with van der Waals surface area (Å²) < 4.78 is 48.3. The van der Waals surface area contributed by atoms with Crippen LogP contribution >= 0.6 is 0 Å². The fourth-order valence-corrected chi connectivity index (χ4v) is 3.89. The summed E-state index contributed by atoms with van der Waals surface area (Å²) in [6.07, 6.45) is 4.66. The molecule has 16 heteroatoms. The predicted molar refractivity (Wildman–Crippen MR) is 150 cm³/mol. The van der Waals surface area contributed by atoms with E-state index in [-0.39, 0.29) is 40.1 Å². The van der Waals surface area contributed by atoms with E-state index in [0.717, 1.165) is 0 Å². The molecule has 14 nitrogen and oxygen atoms in total. The monoisotopic (exact) mass is 605 g/mol. The number of phenols is 1. The topological polar surface area (TPSA) is 189 Å². The molecule has 0 saturated carbocycles. The lowest BCUT2D eigenvalue weighted by molar-refractivity contribution is 0.0827. The summed E-state index contributed by atoms with van der Waals surface area (Å²) >= 11 is 0. The number of hydrogen-bond donors (Lipinski definition) is 4. The molecule has 1 amide bonds. The molecule has 226 valence electrons. The Hall–Kier alpha value is -6.06. The SMILES string of the molecule is CN(C)C(=O)c1cccc(Oc2nc(Oc3cc(C(=N)N)ccc3O)c(F)c(OC3=CCN(Cc4nn[nH]n4)C=C3)c2F)c1. The number of benzene rings is 2. The number of nitrogens with zero attached hydrogens (tertiary/aromatic N) is 6. The summed E-state index contributed by atoms with van der Waals surface area (Å²) in [6.45, 7) is 0.614. The van der Waals surface area contributed by atoms with Crippen molar-refractivity contribution in [2.45, 2.75) is 6.54 Å². The first-order chi connectivity index (χ1) is 21.1. The Kier molecular flexibility index (Phi) is 8.32. The molecule has 1 aliphatic rings. The lowest BCUT2D eigenvalue weighted by Crippen LogP contribution is -2.21. The van der Waals surface area contributed by atoms with Crippen LogP contribution in [0.1, 0.15) is 21.7 Å². The van der Waals surface area contributed by atoms with Crippen molar-refractivity contribution in [2.24, 2.45) is 5.73 Å². The summed E-state index contributed by atoms with van der Waals surface area (Å²) in [5.41, 5.74) is 5.94. The summed E-state index contributed by atoms with van der Waals surface area (Å²) in [6, 6.07) is 9.60. The molecule has 0 aliphatic carbocycles. The number of pyridine rings is 1. The largest absolute Gasteiger partial charge is 0.504 e. The van der Waals surface area contributed by atoms with Crippen LogP contribution in [0.5, 0.6) is 34.8 Å². The number of nitrogens with one attached hydrogen (secondary N) is 2. The lowest BCUT2D eigenvalue weighted by atomic mass is 10.2. The van der Waals surface area contributed by atoms with Crippen molar-refractivity contribution in [3.8, 4) is 34.8 Å². The van der Waals surface area contributed by atoms with Crippen LogP contribution in [0.3, 0.4) is 0 Å². The summed E-state index contributed by atoms with van der Waals surface area (Å²) in [5, 5.41) is 31.6. The highest BCUT2D eigenvalue weighted by Crippen LogP contribution is 2.40. The number of tetrazole rings is 1. The number of carbonyl (C=O) groups excluding carboxylic acids is 1. The molecule has 3 heterocycles. The highest BCUT2D eigenvalue weighted by Gasteiger charge is 2.27. The molecule has 5 rings (SSSR count). The lowest BCUT2D eigenvalue weighted by Gasteiger charge is -2.21. The van der Waals surface area contributed by atoms with E-state index in [1.807, 2.05) is 0 Å². The molecule has 0 spiro atoms. The van der Waals surface area contributed by atoms with Crippen LogP contribution < -0.4 is 19.9 Å². The van der Waals surface area contributed by atoms with Gasteiger partial charge in [-0.25, -0.2) is 0 Å². The van der Waals surface area contributed by atoms with Gasteiger partial charge in [-0.15, -0.1) is 10.2 Å². The zero-order valence-electron chi connectivity index (χ0n) is 23.3. The normalized spacial score (nSPS) is 12.5. The number of H-pyrrole nitrogens is 1. The summed E-state index contributed by atoms with van der Waals surface area (Å²) in [7, 11) is 3.14. The van der Waals surface area contributed by atoms with E-state index >= 15 is 8.78 Å². The van der Waals surface area contributed by atoms with Gasteiger partial charge in [0.25, 0.3) is 17.7 Å². The number of rotatable bonds is 10. The number of aromatic nitrogens is 5. The number of phenolic OH excluding ortho intramolecular Hbond substituents is 1. The maximum Gasteiger partial charge on any atom is 0.263 e. The maximum absolute atomic E-state index is 15.8. The van der Waals surface area contributed by atoms with Gasteiger partial charge in [0.2, 0.25) is 17.4 Å². The van der Waals surface area contributed by atoms with Crippen molar-refractivity contribution < 1.29 is 32.9 Å². The number of carbonyl (C=O) groups is 1. The van der Waals surface area contributed by atoms with E-state index < -0.39 is 34.9 Å². The molecule has 4 aromatic rings. The molecule has 2 aromatic heterocycles. The minimum atomic E-state index is -1.34. The Morgan fingerprint density at radius 3 is 2.55 bits per heavy atom. The van der Waals surface area contributed by atoms with E-state index in [1.54, 1.807) is 37.3 Å². The van der Waals surface area contributed by atoms with Gasteiger partial charge >= 0.3 is 0 Å². The first-order valence-electron chi connectivity index (χ1n) is 12.9. The minimum absolute atomic E-state index is 0.0166. The molecule has 1 aliphatic heterocycles. The summed E-state index contributed by atoms with van der Waals surface area (Å²) in [4.78, 5) is 19.4. The van der Waals surface area contributed by atoms with Gasteiger partial charge in [-0.1, -0.05) is 11.3 Å². The fraction of sp³-hybridized carbons (Fsp3) is 0.143. The molecule has 0 fully saturated rings. The fourth-order valence-electron chi connectivity index (χ4n) is 3.89. The van der Waals surface area contributed by atoms with Gasteiger partial charge in [0.05, 0.1) is 6.54 Å². The molecule has 0 radical (unpaired) electrons. The maximum atomic E-state index is 15.8. The zero-order valence-corrected chi connectivity index (χ0v) is 23.3. The first-order valence-corrected chi connectivity index (χ1v) is 12.9. The Bertz CT molecular complexity index is 1780. The number of nitrogens with two attached hydrogens (primary N) is 1. The Morgan fingerprint density at radius 2 is 1.89 bits per heavy atom. The van der Waals surface area contributed by atoms with Crippen molar-refractivity contribution in [3.63, 3.8) is 0 Å². The number of ether oxygens (including phenoxy) is 3. The third-order valence-electron chi connectivity index (χ3n) is 6.09. The Morgan fingerprint density at radius 1 is 1.11 bits per heavy atom. The molecule has 5 N–H and O–H groups in total. The molecule has 44 heavy (non-hydrogen) atoms. The van der Waals surface area contributed by atoms with Crippen molar-refractivity contribution in [3.05, 3.63) is 95.2 Å². The highest BCUT2D eigenvalue weighted by atomic mass is 19.1. The van der Waals surface area contributed by atoms with E-state index in [1.165, 1.54) is 47.4 Å². The van der Waals surface area contributed by atoms with Gasteiger partial charge in [0.15, 0.2) is 17.3 Å². The number of aromatic amines is 1. The second kappa shape index (κ2) is 12.4. The number of halogens is 2. The van der Waals surface area contributed by atoms with Gasteiger partial charge in [-0.05, 0) is 48.6 Å². The second-order valence-electron chi connectivity index (χ2n) is 9.49. The Labute approximate surface area is 248 Å². The van der Waals surface area contributed by atoms with E-state index in [9.17, 15) is 9.90 Å². The smallest absolute Gasteiger partial charge is 0.263 e. The van der Waals surface area contributed by atoms with E-state index in [4.69, 9.17) is 25.4 Å². The molecular formula is C28H25F2N9O5. The van der Waals surface area contributed by atoms with Gasteiger partial charge in [0, 0.05) is 38.0 Å². The van der Waals surface area contributed by atoms with Crippen LogP contribution in [0, 0.1) is 17.0 Å². The third-order valence-corrected chi connectivity index (χ3v) is 6.09. The zero-order chi connectivity index (χ0) is 31.4. The second-order valence-corrected chi connectivity index (χ2v) is 9.49. The molecule has 0 atom stereocenters. The summed E-state index contributed by atoms with van der Waals surface area (Å²) in [5.74, 6) is -5.98. The van der Waals surface area contributed by atoms with Crippen LogP contribution in [0.2, 0.25) is 0 Å². The predicted octanol–water partition coefficient (Wildman–Crippen LogP) is 3.44. The number of amides is 1. The van der Waals surface area contributed by atoms with Crippen LogP contribution in [0.25, 0.3) is 0 Å². The van der Waals surface area contributed by atoms with Gasteiger partial charge in [-0.2, -0.15) is 19.0 Å². The van der Waals surface area contributed by atoms with Crippen LogP contribution in [0.4, 0.5) is 8.78 Å². The first kappa shape index (κ1) is 29.4. The Balaban J connectivity index is 1.49. The number of amidine groups is 1. The van der Waals surface area contributed by atoms with Crippen LogP contribution in [0.15, 0.2) is 66.6 Å². The van der Waals surface area contributed by atoms with Crippen molar-refractivity contribution in [2.75, 3.05) is 20.6 Å². The minimum Gasteiger partial charge on any atom is -0.504 e. The average molecular weight is 606 g/mol. The van der Waals surface area contributed by atoms with E-state index in [2.05, 4.69) is 25.6 Å². The molecule has 0 saturated heterocycles. The number of allylic oxidation sites excluding steroid dienone is 1. The quantitative estimate of drug-likeness (QED) is 0.153. The van der Waals surface area contributed by atoms with Crippen LogP contribution in [-0.4, -0.2) is 72.9 Å². The van der Waals surface area contributed by atoms with Gasteiger partial charge < -0.3 is 34.9 Å². The number of nitrogen functional groups attached to an aromatic ring is 1. The van der Waals surface area contributed by atoms with Crippen LogP contribution in [-0.2, 0) is 6.54 Å². The van der Waals surface area contributed by atoms with Crippen molar-refractivity contribution in [1.82, 2.24) is 35.4 Å². The van der Waals surface area contributed by atoms with Crippen molar-refractivity contribution >= 4 is 11.7 Å². The molecule has 2 aromatic carbocycles. The average Bonchev–Trinajstić information content (AvgIpc) is 3.52. The standard InChI is InChI=1S/C28H25F2N9O5/c1-38(2)28(41)16-4-3-5-18(12-16)43-26-22(29)24(42-17-8-10-39(11-9-17)14-21-34-36-37-35-21)23(30)27(33-26)44-20-13-15(25(31)32)6-7-19(20)40/h3-10,12-13,40H,11,14H2,1-2H3,(H3,31,32)(H,34,35,36,37). The van der Waals surface area contributed by atoms with E-state index in [0.29, 0.717) is 18.9 Å². The van der Waals surface area contributed by atoms with Crippen molar-refractivity contribution in [1.29, 1.82) is 5.41 Å². The number of aromatic hydroxyl groups is 1. The molecule has 0 bridgehead atoms. The van der Waals surface area contributed by atoms with Gasteiger partial charge in [-0.3, -0.25) is 10.2 Å². The third kappa shape index (κ3) is 6.53. The highest BCUT2D eigenvalue weighted by molar-refractivity contribution is 5.95.